The lowest BCUT2D eigenvalue weighted by Gasteiger charge is -2.25. The summed E-state index contributed by atoms with van der Waals surface area (Å²) in [7, 11) is 0. The predicted octanol–water partition coefficient (Wildman–Crippen LogP) is 13.8. The summed E-state index contributed by atoms with van der Waals surface area (Å²) in [6, 6.07) is 58.3. The summed E-state index contributed by atoms with van der Waals surface area (Å²) in [5.41, 5.74) is 12.1. The third-order valence-electron chi connectivity index (χ3n) is 11.4. The summed E-state index contributed by atoms with van der Waals surface area (Å²) < 4.78 is 6.20. The highest BCUT2D eigenvalue weighted by atomic mass is 16.3. The molecule has 1 aromatic heterocycles. The average Bonchev–Trinajstić information content (AvgIpc) is 3.64. The van der Waals surface area contributed by atoms with Crippen molar-refractivity contribution >= 4 is 65.0 Å². The van der Waals surface area contributed by atoms with E-state index < -0.39 is 0 Å². The van der Waals surface area contributed by atoms with Gasteiger partial charge >= 0.3 is 0 Å². The number of hydrogen-bond acceptors (Lipinski definition) is 1. The van der Waals surface area contributed by atoms with E-state index in [0.29, 0.717) is 0 Å². The molecule has 0 saturated carbocycles. The largest absolute Gasteiger partial charge is 0.456 e. The highest BCUT2D eigenvalue weighted by Gasteiger charge is 2.38. The van der Waals surface area contributed by atoms with E-state index in [9.17, 15) is 0 Å². The standard InChI is InChI=1S/C49H32O/c1-49(2)43-28-33(46-35-14-6-4-11-31(35)26-41-34-13-5-3-10-29(34)18-23-39(41)46)20-22-37(43)40-24-19-30-12-9-16-36(47(30)48(40)49)32-21-25-45-42(27-32)38-15-7-8-17-44(38)50-45/h3-28H,1-2H3. The molecule has 0 fully saturated rings. The fourth-order valence-corrected chi connectivity index (χ4v) is 9.10. The zero-order valence-corrected chi connectivity index (χ0v) is 27.9. The van der Waals surface area contributed by atoms with Crippen LogP contribution in [0, 0.1) is 0 Å². The zero-order chi connectivity index (χ0) is 33.1. The van der Waals surface area contributed by atoms with Crippen LogP contribution in [-0.2, 0) is 5.41 Å². The summed E-state index contributed by atoms with van der Waals surface area (Å²) >= 11 is 0. The monoisotopic (exact) mass is 636 g/mol. The van der Waals surface area contributed by atoms with Gasteiger partial charge in [-0.2, -0.15) is 0 Å². The molecule has 1 aliphatic rings. The summed E-state index contributed by atoms with van der Waals surface area (Å²) in [6.45, 7) is 4.83. The average molecular weight is 637 g/mol. The van der Waals surface area contributed by atoms with Gasteiger partial charge in [-0.25, -0.2) is 0 Å². The van der Waals surface area contributed by atoms with Gasteiger partial charge in [0.1, 0.15) is 11.2 Å². The van der Waals surface area contributed by atoms with Gasteiger partial charge in [0.25, 0.3) is 0 Å². The van der Waals surface area contributed by atoms with Crippen LogP contribution in [0.25, 0.3) is 98.4 Å². The molecule has 0 spiro atoms. The fraction of sp³-hybridized carbons (Fsp3) is 0.0612. The molecule has 0 atom stereocenters. The minimum absolute atomic E-state index is 0.212. The fourth-order valence-electron chi connectivity index (χ4n) is 9.10. The van der Waals surface area contributed by atoms with E-state index in [1.165, 1.54) is 87.6 Å². The third kappa shape index (κ3) is 3.72. The quantitative estimate of drug-likeness (QED) is 0.136. The maximum Gasteiger partial charge on any atom is 0.135 e. The molecule has 0 amide bonds. The molecule has 1 aliphatic carbocycles. The van der Waals surface area contributed by atoms with E-state index in [1.807, 2.05) is 6.07 Å². The molecule has 1 heterocycles. The minimum atomic E-state index is -0.212. The van der Waals surface area contributed by atoms with Crippen molar-refractivity contribution in [2.75, 3.05) is 0 Å². The molecule has 50 heavy (non-hydrogen) atoms. The molecular formula is C49H32O. The Balaban J connectivity index is 1.14. The van der Waals surface area contributed by atoms with Crippen molar-refractivity contribution in [2.45, 2.75) is 19.3 Å². The Morgan fingerprint density at radius 1 is 0.400 bits per heavy atom. The van der Waals surface area contributed by atoms with Crippen LogP contribution in [0.5, 0.6) is 0 Å². The Labute approximate surface area is 290 Å². The van der Waals surface area contributed by atoms with E-state index in [4.69, 9.17) is 4.42 Å². The van der Waals surface area contributed by atoms with Crippen LogP contribution in [0.15, 0.2) is 162 Å². The van der Waals surface area contributed by atoms with Crippen molar-refractivity contribution in [1.82, 2.24) is 0 Å². The van der Waals surface area contributed by atoms with Gasteiger partial charge in [-0.05, 0) is 118 Å². The first-order chi connectivity index (χ1) is 24.5. The number of rotatable bonds is 2. The number of hydrogen-bond donors (Lipinski definition) is 0. The third-order valence-corrected chi connectivity index (χ3v) is 11.4. The molecule has 10 aromatic rings. The van der Waals surface area contributed by atoms with Crippen LogP contribution in [0.2, 0.25) is 0 Å². The van der Waals surface area contributed by atoms with Gasteiger partial charge in [0, 0.05) is 16.2 Å². The Bertz CT molecular complexity index is 3060. The van der Waals surface area contributed by atoms with Crippen molar-refractivity contribution < 1.29 is 4.42 Å². The van der Waals surface area contributed by atoms with Crippen LogP contribution < -0.4 is 0 Å². The predicted molar refractivity (Wildman–Crippen MR) is 212 cm³/mol. The second-order valence-corrected chi connectivity index (χ2v) is 14.4. The maximum atomic E-state index is 6.20. The van der Waals surface area contributed by atoms with E-state index in [2.05, 4.69) is 166 Å². The van der Waals surface area contributed by atoms with Crippen molar-refractivity contribution in [3.05, 3.63) is 169 Å². The lowest BCUT2D eigenvalue weighted by molar-refractivity contribution is 0.666. The molecule has 0 unspecified atom stereocenters. The number of fused-ring (bicyclic) bond motifs is 12. The summed E-state index contributed by atoms with van der Waals surface area (Å²) in [5, 5.41) is 12.7. The van der Waals surface area contributed by atoms with Crippen molar-refractivity contribution in [3.63, 3.8) is 0 Å². The van der Waals surface area contributed by atoms with Crippen LogP contribution >= 0.6 is 0 Å². The second-order valence-electron chi connectivity index (χ2n) is 14.4. The Kier molecular flexibility index (Phi) is 5.51. The van der Waals surface area contributed by atoms with Gasteiger partial charge < -0.3 is 4.42 Å². The van der Waals surface area contributed by atoms with Crippen LogP contribution in [0.4, 0.5) is 0 Å². The van der Waals surface area contributed by atoms with E-state index >= 15 is 0 Å². The molecule has 0 saturated heterocycles. The smallest absolute Gasteiger partial charge is 0.135 e. The van der Waals surface area contributed by atoms with Gasteiger partial charge in [0.2, 0.25) is 0 Å². The van der Waals surface area contributed by atoms with E-state index in [1.54, 1.807) is 0 Å². The van der Waals surface area contributed by atoms with Gasteiger partial charge in [-0.15, -0.1) is 0 Å². The molecule has 9 aromatic carbocycles. The normalized spacial score (nSPS) is 13.6. The zero-order valence-electron chi connectivity index (χ0n) is 27.9. The van der Waals surface area contributed by atoms with Crippen molar-refractivity contribution in [2.24, 2.45) is 0 Å². The van der Waals surface area contributed by atoms with Gasteiger partial charge in [0.15, 0.2) is 0 Å². The molecule has 0 N–H and O–H groups in total. The molecular weight excluding hydrogens is 605 g/mol. The summed E-state index contributed by atoms with van der Waals surface area (Å²) in [6.07, 6.45) is 0. The molecule has 0 aliphatic heterocycles. The Morgan fingerprint density at radius 3 is 2.00 bits per heavy atom. The highest BCUT2D eigenvalue weighted by molar-refractivity contribution is 6.20. The van der Waals surface area contributed by atoms with Crippen LogP contribution in [-0.4, -0.2) is 0 Å². The molecule has 11 rings (SSSR count). The first-order valence-electron chi connectivity index (χ1n) is 17.5. The van der Waals surface area contributed by atoms with Crippen molar-refractivity contribution in [3.8, 4) is 33.4 Å². The van der Waals surface area contributed by atoms with Crippen LogP contribution in [0.3, 0.4) is 0 Å². The Morgan fingerprint density at radius 2 is 1.10 bits per heavy atom. The van der Waals surface area contributed by atoms with Crippen molar-refractivity contribution in [1.29, 1.82) is 0 Å². The molecule has 1 heteroatoms. The summed E-state index contributed by atoms with van der Waals surface area (Å²) in [4.78, 5) is 0. The topological polar surface area (TPSA) is 13.1 Å². The number of furan rings is 1. The minimum Gasteiger partial charge on any atom is -0.456 e. The molecule has 1 nitrogen and oxygen atoms in total. The molecule has 234 valence electrons. The lowest BCUT2D eigenvalue weighted by atomic mass is 9.78. The van der Waals surface area contributed by atoms with E-state index in [0.717, 1.165) is 21.9 Å². The highest BCUT2D eigenvalue weighted by Crippen LogP contribution is 2.54. The maximum absolute atomic E-state index is 6.20. The SMILES string of the molecule is CC1(C)c2cc(-c3c4ccccc4cc4c3ccc3ccccc34)ccc2-c2ccc3cccc(-c4ccc5oc6ccccc6c5c4)c3c21. The second kappa shape index (κ2) is 9.94. The summed E-state index contributed by atoms with van der Waals surface area (Å²) in [5.74, 6) is 0. The molecule has 0 bridgehead atoms. The number of benzene rings is 9. The lowest BCUT2D eigenvalue weighted by Crippen LogP contribution is -2.16. The first-order valence-corrected chi connectivity index (χ1v) is 17.5. The first kappa shape index (κ1) is 27.7. The molecule has 0 radical (unpaired) electrons. The van der Waals surface area contributed by atoms with Gasteiger partial charge in [-0.3, -0.25) is 0 Å². The van der Waals surface area contributed by atoms with Gasteiger partial charge in [0.05, 0.1) is 0 Å². The Hall–Kier alpha value is -6.18. The van der Waals surface area contributed by atoms with Gasteiger partial charge in [-0.1, -0.05) is 141 Å². The van der Waals surface area contributed by atoms with E-state index in [-0.39, 0.29) is 5.41 Å². The number of para-hydroxylation sites is 1. The van der Waals surface area contributed by atoms with Crippen LogP contribution in [0.1, 0.15) is 25.0 Å².